The summed E-state index contributed by atoms with van der Waals surface area (Å²) in [6, 6.07) is 9.20. The summed E-state index contributed by atoms with van der Waals surface area (Å²) >= 11 is 0. The second-order valence-corrected chi connectivity index (χ2v) is 8.62. The highest BCUT2D eigenvalue weighted by molar-refractivity contribution is 5.53. The SMILES string of the molecule is CC(C)c1cc(C2[N]Cc3cc(C4(O)CCN(C)CC4)ccc32)c(O)cc1O. The Morgan fingerprint density at radius 2 is 1.75 bits per heavy atom. The van der Waals surface area contributed by atoms with E-state index in [1.54, 1.807) is 0 Å². The van der Waals surface area contributed by atoms with Crippen LogP contribution in [0.5, 0.6) is 11.5 Å². The molecule has 1 unspecified atom stereocenters. The predicted octanol–water partition coefficient (Wildman–Crippen LogP) is 3.34. The topological polar surface area (TPSA) is 78.0 Å². The van der Waals surface area contributed by atoms with Crippen molar-refractivity contribution in [1.29, 1.82) is 0 Å². The lowest BCUT2D eigenvalue weighted by Crippen LogP contribution is -2.40. The number of hydrogen-bond acceptors (Lipinski definition) is 4. The molecule has 28 heavy (non-hydrogen) atoms. The summed E-state index contributed by atoms with van der Waals surface area (Å²) in [5, 5.41) is 36.4. The second-order valence-electron chi connectivity index (χ2n) is 8.62. The molecule has 5 nitrogen and oxygen atoms in total. The first-order valence-electron chi connectivity index (χ1n) is 10.0. The number of hydrogen-bond donors (Lipinski definition) is 3. The van der Waals surface area contributed by atoms with Gasteiger partial charge in [-0.2, -0.15) is 0 Å². The minimum Gasteiger partial charge on any atom is -0.508 e. The zero-order valence-electron chi connectivity index (χ0n) is 16.8. The molecule has 2 aliphatic rings. The van der Waals surface area contributed by atoms with E-state index in [4.69, 9.17) is 5.32 Å². The van der Waals surface area contributed by atoms with E-state index >= 15 is 0 Å². The van der Waals surface area contributed by atoms with E-state index in [-0.39, 0.29) is 23.5 Å². The van der Waals surface area contributed by atoms with Crippen molar-refractivity contribution in [2.45, 2.75) is 50.8 Å². The van der Waals surface area contributed by atoms with E-state index in [0.717, 1.165) is 53.7 Å². The third-order valence-corrected chi connectivity index (χ3v) is 6.33. The molecule has 2 aromatic carbocycles. The first kappa shape index (κ1) is 19.2. The van der Waals surface area contributed by atoms with Crippen LogP contribution in [0.1, 0.15) is 66.5 Å². The van der Waals surface area contributed by atoms with Gasteiger partial charge in [0.15, 0.2) is 0 Å². The Hall–Kier alpha value is -2.08. The summed E-state index contributed by atoms with van der Waals surface area (Å²) in [6.07, 6.45) is 1.47. The molecule has 3 N–H and O–H groups in total. The van der Waals surface area contributed by atoms with Gasteiger partial charge in [-0.3, -0.25) is 0 Å². The molecule has 1 radical (unpaired) electrons. The number of aliphatic hydroxyl groups is 1. The number of phenolic OH excluding ortho intramolecular Hbond substituents is 2. The smallest absolute Gasteiger partial charge is 0.124 e. The minimum absolute atomic E-state index is 0.0709. The Morgan fingerprint density at radius 3 is 2.43 bits per heavy atom. The molecule has 2 heterocycles. The quantitative estimate of drug-likeness (QED) is 0.762. The van der Waals surface area contributed by atoms with Crippen LogP contribution in [0.2, 0.25) is 0 Å². The highest BCUT2D eigenvalue weighted by Crippen LogP contribution is 2.42. The number of fused-ring (bicyclic) bond motifs is 1. The molecule has 0 aliphatic carbocycles. The van der Waals surface area contributed by atoms with Gasteiger partial charge in [-0.15, -0.1) is 0 Å². The number of benzene rings is 2. The van der Waals surface area contributed by atoms with Crippen LogP contribution in [0.15, 0.2) is 30.3 Å². The molecule has 1 fully saturated rings. The lowest BCUT2D eigenvalue weighted by Gasteiger charge is -2.37. The maximum absolute atomic E-state index is 11.1. The van der Waals surface area contributed by atoms with Crippen LogP contribution in [-0.2, 0) is 12.1 Å². The average Bonchev–Trinajstić information content (AvgIpc) is 3.07. The van der Waals surface area contributed by atoms with Crippen molar-refractivity contribution in [1.82, 2.24) is 10.2 Å². The third kappa shape index (κ3) is 3.28. The summed E-state index contributed by atoms with van der Waals surface area (Å²) in [7, 11) is 2.08. The van der Waals surface area contributed by atoms with Crippen LogP contribution in [0.3, 0.4) is 0 Å². The Labute approximate surface area is 166 Å². The summed E-state index contributed by atoms with van der Waals surface area (Å²) in [5.41, 5.74) is 3.91. The standard InChI is InChI=1S/C23H29N2O3/c1-14(2)18-11-19(21(27)12-20(18)26)22-17-5-4-16(10-15(17)13-24-22)23(28)6-8-25(3)9-7-23/h4-5,10-12,14,22,26-28H,6-9,13H2,1-3H3. The van der Waals surface area contributed by atoms with Gasteiger partial charge in [0.05, 0.1) is 11.6 Å². The largest absolute Gasteiger partial charge is 0.508 e. The molecule has 0 spiro atoms. The van der Waals surface area contributed by atoms with E-state index < -0.39 is 5.60 Å². The lowest BCUT2D eigenvalue weighted by atomic mass is 9.83. The van der Waals surface area contributed by atoms with Crippen LogP contribution >= 0.6 is 0 Å². The summed E-state index contributed by atoms with van der Waals surface area (Å²) in [6.45, 7) is 6.38. The van der Waals surface area contributed by atoms with E-state index in [9.17, 15) is 15.3 Å². The first-order chi connectivity index (χ1) is 13.3. The van der Waals surface area contributed by atoms with Crippen molar-refractivity contribution in [3.8, 4) is 11.5 Å². The van der Waals surface area contributed by atoms with Gasteiger partial charge in [0.25, 0.3) is 0 Å². The number of nitrogens with zero attached hydrogens (tertiary/aromatic N) is 2. The zero-order chi connectivity index (χ0) is 20.1. The Morgan fingerprint density at radius 1 is 1.04 bits per heavy atom. The van der Waals surface area contributed by atoms with Crippen LogP contribution in [0.25, 0.3) is 0 Å². The van der Waals surface area contributed by atoms with Crippen molar-refractivity contribution in [3.63, 3.8) is 0 Å². The molecule has 4 rings (SSSR count). The lowest BCUT2D eigenvalue weighted by molar-refractivity contribution is -0.0203. The average molecular weight is 381 g/mol. The summed E-state index contributed by atoms with van der Waals surface area (Å²) in [4.78, 5) is 2.24. The first-order valence-corrected chi connectivity index (χ1v) is 10.0. The number of rotatable bonds is 3. The van der Waals surface area contributed by atoms with Crippen molar-refractivity contribution < 1.29 is 15.3 Å². The van der Waals surface area contributed by atoms with Gasteiger partial charge in [-0.05, 0) is 54.1 Å². The fraction of sp³-hybridized carbons (Fsp3) is 0.478. The Bertz CT molecular complexity index is 886. The van der Waals surface area contributed by atoms with Gasteiger partial charge in [0, 0.05) is 31.3 Å². The Balaban J connectivity index is 1.67. The number of piperidine rings is 1. The van der Waals surface area contributed by atoms with E-state index in [0.29, 0.717) is 6.54 Å². The molecule has 1 saturated heterocycles. The van der Waals surface area contributed by atoms with Crippen LogP contribution in [0.4, 0.5) is 0 Å². The van der Waals surface area contributed by atoms with E-state index in [1.807, 2.05) is 32.0 Å². The van der Waals surface area contributed by atoms with Crippen LogP contribution in [-0.4, -0.2) is 40.4 Å². The number of likely N-dealkylation sites (tertiary alicyclic amines) is 1. The van der Waals surface area contributed by atoms with E-state index in [2.05, 4.69) is 18.0 Å². The van der Waals surface area contributed by atoms with Crippen LogP contribution < -0.4 is 5.32 Å². The number of aromatic hydroxyl groups is 2. The minimum atomic E-state index is -0.773. The molecule has 0 bridgehead atoms. The maximum Gasteiger partial charge on any atom is 0.124 e. The summed E-state index contributed by atoms with van der Waals surface area (Å²) in [5.74, 6) is 0.345. The monoisotopic (exact) mass is 381 g/mol. The van der Waals surface area contributed by atoms with Gasteiger partial charge in [0.1, 0.15) is 11.5 Å². The normalized spacial score (nSPS) is 21.8. The molecule has 2 aliphatic heterocycles. The maximum atomic E-state index is 11.1. The van der Waals surface area contributed by atoms with Gasteiger partial charge in [0.2, 0.25) is 0 Å². The van der Waals surface area contributed by atoms with Crippen molar-refractivity contribution >= 4 is 0 Å². The zero-order valence-corrected chi connectivity index (χ0v) is 16.8. The summed E-state index contributed by atoms with van der Waals surface area (Å²) < 4.78 is 0. The highest BCUT2D eigenvalue weighted by Gasteiger charge is 2.35. The molecular formula is C23H29N2O3. The molecule has 0 saturated carbocycles. The Kier molecular flexibility index (Phi) is 4.86. The van der Waals surface area contributed by atoms with Gasteiger partial charge < -0.3 is 20.2 Å². The molecular weight excluding hydrogens is 352 g/mol. The van der Waals surface area contributed by atoms with Crippen molar-refractivity contribution in [2.75, 3.05) is 20.1 Å². The fourth-order valence-corrected chi connectivity index (χ4v) is 4.42. The third-order valence-electron chi connectivity index (χ3n) is 6.33. The molecule has 149 valence electrons. The van der Waals surface area contributed by atoms with Gasteiger partial charge in [-0.25, -0.2) is 5.32 Å². The molecule has 2 aromatic rings. The molecule has 1 atom stereocenters. The number of phenols is 2. The predicted molar refractivity (Wildman–Crippen MR) is 109 cm³/mol. The fourth-order valence-electron chi connectivity index (χ4n) is 4.42. The van der Waals surface area contributed by atoms with Gasteiger partial charge in [-0.1, -0.05) is 32.0 Å². The van der Waals surface area contributed by atoms with E-state index in [1.165, 1.54) is 6.07 Å². The molecule has 0 aromatic heterocycles. The van der Waals surface area contributed by atoms with Crippen molar-refractivity contribution in [3.05, 3.63) is 58.1 Å². The van der Waals surface area contributed by atoms with Crippen molar-refractivity contribution in [2.24, 2.45) is 0 Å². The van der Waals surface area contributed by atoms with Gasteiger partial charge >= 0.3 is 0 Å². The highest BCUT2D eigenvalue weighted by atomic mass is 16.3. The second kappa shape index (κ2) is 7.07. The van der Waals surface area contributed by atoms with Crippen LogP contribution in [0, 0.1) is 0 Å². The molecule has 5 heteroatoms. The molecule has 0 amide bonds.